The number of ether oxygens (including phenoxy) is 1. The van der Waals surface area contributed by atoms with Crippen molar-refractivity contribution in [2.45, 2.75) is 26.7 Å². The van der Waals surface area contributed by atoms with Crippen LogP contribution in [0.1, 0.15) is 35.5 Å². The monoisotopic (exact) mass is 292 g/mol. The summed E-state index contributed by atoms with van der Waals surface area (Å²) in [5.41, 5.74) is 0.616. The largest absolute Gasteiger partial charge is 0.507 e. The molecule has 0 fully saturated rings. The molecule has 0 aliphatic carbocycles. The molecule has 2 aromatic rings. The Morgan fingerprint density at radius 1 is 1.35 bits per heavy atom. The Balaban J connectivity index is 2.70. The van der Waals surface area contributed by atoms with Crippen LogP contribution in [0.4, 0.5) is 0 Å². The van der Waals surface area contributed by atoms with Gasteiger partial charge in [0.2, 0.25) is 0 Å². The minimum absolute atomic E-state index is 0.0449. The van der Waals surface area contributed by atoms with E-state index in [2.05, 4.69) is 0 Å². The van der Waals surface area contributed by atoms with E-state index in [0.29, 0.717) is 4.70 Å². The van der Waals surface area contributed by atoms with Crippen LogP contribution in [0.15, 0.2) is 23.0 Å². The zero-order valence-corrected chi connectivity index (χ0v) is 12.3. The number of hydrogen-bond acceptors (Lipinski definition) is 5. The van der Waals surface area contributed by atoms with Gasteiger partial charge in [0, 0.05) is 10.8 Å². The van der Waals surface area contributed by atoms with Crippen molar-refractivity contribution >= 4 is 27.4 Å². The van der Waals surface area contributed by atoms with Gasteiger partial charge in [0.25, 0.3) is 0 Å². The summed E-state index contributed by atoms with van der Waals surface area (Å²) in [6, 6.07) is 4.57. The second-order valence-electron chi connectivity index (χ2n) is 4.39. The van der Waals surface area contributed by atoms with E-state index < -0.39 is 5.97 Å². The van der Waals surface area contributed by atoms with Crippen LogP contribution < -0.4 is 5.43 Å². The number of aromatic hydroxyl groups is 1. The van der Waals surface area contributed by atoms with Gasteiger partial charge in [0.05, 0.1) is 12.0 Å². The third-order valence-corrected chi connectivity index (χ3v) is 4.11. The highest BCUT2D eigenvalue weighted by atomic mass is 32.1. The molecular weight excluding hydrogens is 276 g/mol. The fourth-order valence-electron chi connectivity index (χ4n) is 2.07. The number of hydrogen-bond donors (Lipinski definition) is 1. The molecular formula is C15H16O4S. The Labute approximate surface area is 120 Å². The normalized spacial score (nSPS) is 10.7. The summed E-state index contributed by atoms with van der Waals surface area (Å²) in [6.07, 6.45) is 1.71. The molecule has 0 unspecified atom stereocenters. The fourth-order valence-corrected chi connectivity index (χ4v) is 3.21. The van der Waals surface area contributed by atoms with Gasteiger partial charge in [-0.15, -0.1) is 11.3 Å². The minimum atomic E-state index is -0.498. The standard InChI is InChI=1S/C15H16O4S/c1-3-5-9-6-7-10(16)13-11(17)8-12(20-14(9)13)15(18)19-4-2/h6-8,16H,3-5H2,1-2H3. The number of esters is 1. The van der Waals surface area contributed by atoms with Crippen molar-refractivity contribution in [3.8, 4) is 5.75 Å². The average molecular weight is 292 g/mol. The van der Waals surface area contributed by atoms with Gasteiger partial charge < -0.3 is 9.84 Å². The summed E-state index contributed by atoms with van der Waals surface area (Å²) in [4.78, 5) is 24.2. The molecule has 0 spiro atoms. The van der Waals surface area contributed by atoms with Gasteiger partial charge in [-0.25, -0.2) is 4.79 Å². The number of carbonyl (C=O) groups excluding carboxylic acids is 1. The van der Waals surface area contributed by atoms with Crippen LogP contribution in [0.3, 0.4) is 0 Å². The van der Waals surface area contributed by atoms with Crippen LogP contribution in [0.25, 0.3) is 10.1 Å². The maximum absolute atomic E-state index is 12.1. The smallest absolute Gasteiger partial charge is 0.348 e. The van der Waals surface area contributed by atoms with E-state index in [0.717, 1.165) is 18.4 Å². The summed E-state index contributed by atoms with van der Waals surface area (Å²) in [5.74, 6) is -0.543. The third kappa shape index (κ3) is 2.67. The Morgan fingerprint density at radius 2 is 2.10 bits per heavy atom. The first-order valence-electron chi connectivity index (χ1n) is 6.54. The van der Waals surface area contributed by atoms with E-state index >= 15 is 0 Å². The van der Waals surface area contributed by atoms with Gasteiger partial charge in [0.15, 0.2) is 5.43 Å². The van der Waals surface area contributed by atoms with E-state index in [4.69, 9.17) is 4.74 Å². The van der Waals surface area contributed by atoms with Crippen molar-refractivity contribution in [3.05, 3.63) is 38.9 Å². The molecule has 1 N–H and O–H groups in total. The van der Waals surface area contributed by atoms with Gasteiger partial charge in [-0.1, -0.05) is 19.4 Å². The Bertz CT molecular complexity index is 703. The molecule has 106 valence electrons. The lowest BCUT2D eigenvalue weighted by molar-refractivity contribution is 0.0532. The summed E-state index contributed by atoms with van der Waals surface area (Å²) < 4.78 is 5.60. The van der Waals surface area contributed by atoms with Gasteiger partial charge in [-0.2, -0.15) is 0 Å². The van der Waals surface area contributed by atoms with E-state index in [1.807, 2.05) is 6.92 Å². The van der Waals surface area contributed by atoms with Gasteiger partial charge >= 0.3 is 5.97 Å². The predicted molar refractivity (Wildman–Crippen MR) is 79.7 cm³/mol. The van der Waals surface area contributed by atoms with Crippen molar-refractivity contribution in [1.29, 1.82) is 0 Å². The van der Waals surface area contributed by atoms with Gasteiger partial charge in [-0.3, -0.25) is 4.79 Å². The van der Waals surface area contributed by atoms with Crippen LogP contribution in [-0.4, -0.2) is 17.7 Å². The van der Waals surface area contributed by atoms with E-state index in [1.54, 1.807) is 13.0 Å². The maximum Gasteiger partial charge on any atom is 0.348 e. The zero-order valence-electron chi connectivity index (χ0n) is 11.4. The highest BCUT2D eigenvalue weighted by molar-refractivity contribution is 7.20. The second-order valence-corrected chi connectivity index (χ2v) is 5.45. The van der Waals surface area contributed by atoms with Crippen molar-refractivity contribution in [2.24, 2.45) is 0 Å². The Kier molecular flexibility index (Phi) is 4.39. The Hall–Kier alpha value is -1.88. The van der Waals surface area contributed by atoms with Gasteiger partial charge in [0.1, 0.15) is 10.6 Å². The number of rotatable bonds is 4. The molecule has 0 saturated carbocycles. The van der Waals surface area contributed by atoms with E-state index in [-0.39, 0.29) is 28.0 Å². The van der Waals surface area contributed by atoms with Crippen molar-refractivity contribution in [2.75, 3.05) is 6.61 Å². The third-order valence-electron chi connectivity index (χ3n) is 2.93. The first-order chi connectivity index (χ1) is 9.58. The van der Waals surface area contributed by atoms with Crippen LogP contribution in [-0.2, 0) is 11.2 Å². The topological polar surface area (TPSA) is 63.6 Å². The number of fused-ring (bicyclic) bond motifs is 1. The van der Waals surface area contributed by atoms with Crippen LogP contribution in [0, 0.1) is 0 Å². The highest BCUT2D eigenvalue weighted by Crippen LogP contribution is 2.30. The lowest BCUT2D eigenvalue weighted by Crippen LogP contribution is -2.09. The van der Waals surface area contributed by atoms with Crippen molar-refractivity contribution in [3.63, 3.8) is 0 Å². The van der Waals surface area contributed by atoms with E-state index in [1.165, 1.54) is 23.5 Å². The molecule has 5 heteroatoms. The highest BCUT2D eigenvalue weighted by Gasteiger charge is 2.15. The van der Waals surface area contributed by atoms with Crippen LogP contribution >= 0.6 is 11.3 Å². The Morgan fingerprint density at radius 3 is 2.75 bits per heavy atom. The predicted octanol–water partition coefficient (Wildman–Crippen LogP) is 3.10. The summed E-state index contributed by atoms with van der Waals surface area (Å²) in [7, 11) is 0. The molecule has 1 aromatic heterocycles. The number of phenolic OH excluding ortho intramolecular Hbond substituents is 1. The number of carbonyl (C=O) groups is 1. The molecule has 4 nitrogen and oxygen atoms in total. The molecule has 1 heterocycles. The summed E-state index contributed by atoms with van der Waals surface area (Å²) >= 11 is 1.20. The van der Waals surface area contributed by atoms with Crippen molar-refractivity contribution in [1.82, 2.24) is 0 Å². The molecule has 0 bridgehead atoms. The molecule has 0 radical (unpaired) electrons. The van der Waals surface area contributed by atoms with Crippen LogP contribution in [0.5, 0.6) is 5.75 Å². The fraction of sp³-hybridized carbons (Fsp3) is 0.333. The molecule has 1 aromatic carbocycles. The summed E-state index contributed by atoms with van der Waals surface area (Å²) in [6.45, 7) is 4.02. The molecule has 0 amide bonds. The lowest BCUT2D eigenvalue weighted by atomic mass is 10.1. The zero-order chi connectivity index (χ0) is 14.7. The lowest BCUT2D eigenvalue weighted by Gasteiger charge is -2.08. The first-order valence-corrected chi connectivity index (χ1v) is 7.36. The van der Waals surface area contributed by atoms with Crippen molar-refractivity contribution < 1.29 is 14.6 Å². The molecule has 0 aliphatic rings. The number of aryl methyl sites for hydroxylation is 1. The number of phenols is 1. The maximum atomic E-state index is 12.1. The molecule has 0 saturated heterocycles. The second kappa shape index (κ2) is 6.05. The minimum Gasteiger partial charge on any atom is -0.507 e. The van der Waals surface area contributed by atoms with Crippen LogP contribution in [0.2, 0.25) is 0 Å². The van der Waals surface area contributed by atoms with E-state index in [9.17, 15) is 14.7 Å². The molecule has 2 rings (SSSR count). The molecule has 20 heavy (non-hydrogen) atoms. The SMILES string of the molecule is CCCc1ccc(O)c2c(=O)cc(C(=O)OCC)sc12. The summed E-state index contributed by atoms with van der Waals surface area (Å²) in [5, 5.41) is 10.2. The molecule has 0 aliphatic heterocycles. The first kappa shape index (κ1) is 14.5. The quantitative estimate of drug-likeness (QED) is 0.880. The molecule has 0 atom stereocenters. The average Bonchev–Trinajstić information content (AvgIpc) is 2.42. The number of benzene rings is 1. The van der Waals surface area contributed by atoms with Gasteiger partial charge in [-0.05, 0) is 25.0 Å².